The highest BCUT2D eigenvalue weighted by Gasteiger charge is 2.14. The smallest absolute Gasteiger partial charge is 0.269 e. The number of hydrogen-bond donors (Lipinski definition) is 1. The molecule has 2 rings (SSSR count). The predicted molar refractivity (Wildman–Crippen MR) is 97.1 cm³/mol. The second-order valence-corrected chi connectivity index (χ2v) is 6.67. The fourth-order valence-corrected chi connectivity index (χ4v) is 3.03. The Balaban J connectivity index is 2.31. The largest absolute Gasteiger partial charge is 0.323 e. The number of nitrogens with one attached hydrogen (secondary N) is 1. The number of pyridine rings is 1. The van der Waals surface area contributed by atoms with E-state index in [1.807, 2.05) is 32.0 Å². The van der Waals surface area contributed by atoms with E-state index in [2.05, 4.69) is 21.2 Å². The van der Waals surface area contributed by atoms with Crippen LogP contribution in [0.15, 0.2) is 27.5 Å². The Hall–Kier alpha value is -2.39. The van der Waals surface area contributed by atoms with Crippen molar-refractivity contribution in [1.82, 2.24) is 4.57 Å². The number of hydrogen-bond acceptors (Lipinski definition) is 3. The highest BCUT2D eigenvalue weighted by atomic mass is 79.9. The molecule has 0 aliphatic carbocycles. The first-order valence-electron chi connectivity index (χ1n) is 7.42. The Morgan fingerprint density at radius 1 is 1.17 bits per heavy atom. The lowest BCUT2D eigenvalue weighted by Crippen LogP contribution is -2.31. The van der Waals surface area contributed by atoms with Crippen molar-refractivity contribution in [3.05, 3.63) is 61.0 Å². The molecule has 0 atom stereocenters. The number of benzene rings is 1. The van der Waals surface area contributed by atoms with Crippen LogP contribution in [0.5, 0.6) is 0 Å². The van der Waals surface area contributed by atoms with Gasteiger partial charge in [-0.1, -0.05) is 0 Å². The van der Waals surface area contributed by atoms with Crippen LogP contribution in [-0.2, 0) is 11.3 Å². The van der Waals surface area contributed by atoms with E-state index in [0.29, 0.717) is 16.9 Å². The third kappa shape index (κ3) is 3.57. The van der Waals surface area contributed by atoms with Gasteiger partial charge in [0.2, 0.25) is 5.91 Å². The molecule has 2 aromatic rings. The number of carbonyl (C=O) groups is 1. The van der Waals surface area contributed by atoms with Crippen molar-refractivity contribution in [3.63, 3.8) is 0 Å². The lowest BCUT2D eigenvalue weighted by atomic mass is 10.1. The topological polar surface area (TPSA) is 74.9 Å². The molecule has 24 heavy (non-hydrogen) atoms. The van der Waals surface area contributed by atoms with Gasteiger partial charge < -0.3 is 9.88 Å². The van der Waals surface area contributed by atoms with Crippen molar-refractivity contribution in [2.75, 3.05) is 5.32 Å². The van der Waals surface area contributed by atoms with Crippen molar-refractivity contribution >= 4 is 27.5 Å². The quantitative estimate of drug-likeness (QED) is 0.876. The monoisotopic (exact) mass is 387 g/mol. The van der Waals surface area contributed by atoms with Crippen LogP contribution < -0.4 is 10.9 Å². The molecule has 1 aromatic carbocycles. The Labute approximate surface area is 149 Å². The number of carbonyl (C=O) groups excluding carboxylic acids is 1. The molecule has 0 saturated carbocycles. The molecular weight excluding hydrogens is 370 g/mol. The number of rotatable bonds is 3. The third-order valence-electron chi connectivity index (χ3n) is 3.98. The molecule has 1 heterocycles. The molecule has 0 aliphatic heterocycles. The molecule has 1 amide bonds. The van der Waals surface area contributed by atoms with Gasteiger partial charge in [0.25, 0.3) is 5.56 Å². The average molecular weight is 388 g/mol. The maximum absolute atomic E-state index is 12.3. The zero-order valence-corrected chi connectivity index (χ0v) is 15.6. The second-order valence-electron chi connectivity index (χ2n) is 5.81. The number of nitrogens with zero attached hydrogens (tertiary/aromatic N) is 2. The summed E-state index contributed by atoms with van der Waals surface area (Å²) < 4.78 is 2.10. The number of halogens is 1. The molecule has 0 radical (unpaired) electrons. The Morgan fingerprint density at radius 3 is 2.42 bits per heavy atom. The van der Waals surface area contributed by atoms with Crippen LogP contribution in [0.2, 0.25) is 0 Å². The van der Waals surface area contributed by atoms with E-state index < -0.39 is 5.56 Å². The van der Waals surface area contributed by atoms with Gasteiger partial charge >= 0.3 is 0 Å². The van der Waals surface area contributed by atoms with Crippen LogP contribution in [0.25, 0.3) is 0 Å². The molecule has 0 aliphatic rings. The molecule has 1 aromatic heterocycles. The van der Waals surface area contributed by atoms with E-state index in [-0.39, 0.29) is 18.0 Å². The number of nitriles is 1. The Bertz CT molecular complexity index is 923. The first-order valence-corrected chi connectivity index (χ1v) is 8.21. The van der Waals surface area contributed by atoms with Crippen molar-refractivity contribution in [3.8, 4) is 6.07 Å². The van der Waals surface area contributed by atoms with Crippen LogP contribution in [0, 0.1) is 39.0 Å². The zero-order chi connectivity index (χ0) is 18.0. The number of aryl methyl sites for hydroxylation is 4. The molecule has 1 N–H and O–H groups in total. The van der Waals surface area contributed by atoms with Crippen molar-refractivity contribution in [2.45, 2.75) is 34.2 Å². The van der Waals surface area contributed by atoms with Gasteiger partial charge in [0.05, 0.1) is 5.69 Å². The Kier molecular flexibility index (Phi) is 5.25. The summed E-state index contributed by atoms with van der Waals surface area (Å²) in [5.41, 5.74) is 3.72. The number of aromatic nitrogens is 1. The molecule has 5 nitrogen and oxygen atoms in total. The van der Waals surface area contributed by atoms with E-state index >= 15 is 0 Å². The molecule has 6 heteroatoms. The molecular formula is C18H18BrN3O2. The maximum atomic E-state index is 12.3. The fourth-order valence-electron chi connectivity index (χ4n) is 2.47. The maximum Gasteiger partial charge on any atom is 0.269 e. The lowest BCUT2D eigenvalue weighted by molar-refractivity contribution is -0.116. The summed E-state index contributed by atoms with van der Waals surface area (Å²) in [5, 5.41) is 11.9. The Morgan fingerprint density at radius 2 is 1.79 bits per heavy atom. The minimum atomic E-state index is -0.440. The first-order chi connectivity index (χ1) is 11.2. The van der Waals surface area contributed by atoms with Crippen molar-refractivity contribution < 1.29 is 4.79 Å². The number of amides is 1. The highest BCUT2D eigenvalue weighted by molar-refractivity contribution is 9.10. The number of anilines is 1. The summed E-state index contributed by atoms with van der Waals surface area (Å²) in [6.07, 6.45) is 0. The second kappa shape index (κ2) is 7.02. The molecule has 124 valence electrons. The molecule has 0 bridgehead atoms. The average Bonchev–Trinajstić information content (AvgIpc) is 2.49. The van der Waals surface area contributed by atoms with E-state index in [9.17, 15) is 9.59 Å². The standard InChI is InChI=1S/C18H18BrN3O2/c1-10-6-15(19)16(7-11(10)2)21-17(23)9-22-13(4)5-12(3)14(8-20)18(22)24/h5-7H,9H2,1-4H3,(H,21,23). The zero-order valence-electron chi connectivity index (χ0n) is 14.0. The predicted octanol–water partition coefficient (Wildman–Crippen LogP) is 3.35. The summed E-state index contributed by atoms with van der Waals surface area (Å²) in [4.78, 5) is 24.7. The normalized spacial score (nSPS) is 10.3. The van der Waals surface area contributed by atoms with Crippen LogP contribution in [0.4, 0.5) is 5.69 Å². The summed E-state index contributed by atoms with van der Waals surface area (Å²) in [7, 11) is 0. The van der Waals surface area contributed by atoms with E-state index in [4.69, 9.17) is 5.26 Å². The van der Waals surface area contributed by atoms with E-state index in [1.165, 1.54) is 4.57 Å². The molecule has 0 fully saturated rings. The van der Waals surface area contributed by atoms with Crippen LogP contribution >= 0.6 is 15.9 Å². The summed E-state index contributed by atoms with van der Waals surface area (Å²) in [6.45, 7) is 7.27. The molecule has 0 unspecified atom stereocenters. The molecule has 0 saturated heterocycles. The SMILES string of the molecule is Cc1cc(Br)c(NC(=O)Cn2c(C)cc(C)c(C#N)c2=O)cc1C. The van der Waals surface area contributed by atoms with Gasteiger partial charge in [0.1, 0.15) is 18.2 Å². The van der Waals surface area contributed by atoms with E-state index in [0.717, 1.165) is 15.6 Å². The van der Waals surface area contributed by atoms with Gasteiger partial charge in [-0.2, -0.15) is 5.26 Å². The molecule has 0 spiro atoms. The summed E-state index contributed by atoms with van der Waals surface area (Å²) in [6, 6.07) is 7.45. The highest BCUT2D eigenvalue weighted by Crippen LogP contribution is 2.26. The first kappa shape index (κ1) is 18.0. The van der Waals surface area contributed by atoms with Crippen LogP contribution in [0.1, 0.15) is 27.9 Å². The van der Waals surface area contributed by atoms with Gasteiger partial charge in [-0.15, -0.1) is 0 Å². The lowest BCUT2D eigenvalue weighted by Gasteiger charge is -2.14. The van der Waals surface area contributed by atoms with Gasteiger partial charge in [-0.3, -0.25) is 9.59 Å². The van der Waals surface area contributed by atoms with Gasteiger partial charge in [-0.05, 0) is 78.5 Å². The minimum absolute atomic E-state index is 0.0701. The van der Waals surface area contributed by atoms with Crippen LogP contribution in [0.3, 0.4) is 0 Å². The van der Waals surface area contributed by atoms with Gasteiger partial charge in [0, 0.05) is 10.2 Å². The fraction of sp³-hybridized carbons (Fsp3) is 0.278. The third-order valence-corrected chi connectivity index (χ3v) is 4.63. The summed E-state index contributed by atoms with van der Waals surface area (Å²) >= 11 is 3.43. The van der Waals surface area contributed by atoms with Gasteiger partial charge in [0.15, 0.2) is 0 Å². The summed E-state index contributed by atoms with van der Waals surface area (Å²) in [5.74, 6) is -0.322. The van der Waals surface area contributed by atoms with Gasteiger partial charge in [-0.25, -0.2) is 0 Å². The van der Waals surface area contributed by atoms with Crippen molar-refractivity contribution in [2.24, 2.45) is 0 Å². The minimum Gasteiger partial charge on any atom is -0.323 e. The van der Waals surface area contributed by atoms with E-state index in [1.54, 1.807) is 19.9 Å². The van der Waals surface area contributed by atoms with Crippen LogP contribution in [-0.4, -0.2) is 10.5 Å². The van der Waals surface area contributed by atoms with Crippen molar-refractivity contribution in [1.29, 1.82) is 5.26 Å².